The van der Waals surface area contributed by atoms with Crippen LogP contribution in [0.25, 0.3) is 11.3 Å². The second-order valence-electron chi connectivity index (χ2n) is 6.40. The number of imidazole rings is 1. The highest BCUT2D eigenvalue weighted by Crippen LogP contribution is 2.29. The number of benzene rings is 2. The van der Waals surface area contributed by atoms with Crippen molar-refractivity contribution in [2.24, 2.45) is 4.99 Å². The van der Waals surface area contributed by atoms with E-state index in [4.69, 9.17) is 23.2 Å². The summed E-state index contributed by atoms with van der Waals surface area (Å²) < 4.78 is 18.2. The molecule has 4 nitrogen and oxygen atoms in total. The van der Waals surface area contributed by atoms with Gasteiger partial charge in [0.1, 0.15) is 11.5 Å². The summed E-state index contributed by atoms with van der Waals surface area (Å²) in [7, 11) is 0. The number of thiazole rings is 1. The summed E-state index contributed by atoms with van der Waals surface area (Å²) in [6, 6.07) is 12.1. The number of hydrogen-bond donors (Lipinski definition) is 0. The highest BCUT2D eigenvalue weighted by Gasteiger charge is 2.11. The first-order valence-electron chi connectivity index (χ1n) is 9.00. The van der Waals surface area contributed by atoms with Crippen LogP contribution in [0.2, 0.25) is 10.0 Å². The van der Waals surface area contributed by atoms with E-state index in [1.807, 2.05) is 28.3 Å². The molecule has 0 atom stereocenters. The molecule has 0 aliphatic heterocycles. The van der Waals surface area contributed by atoms with Crippen LogP contribution < -0.4 is 4.80 Å². The second-order valence-corrected chi connectivity index (χ2v) is 8.05. The Bertz CT molecular complexity index is 1180. The molecule has 0 aliphatic carbocycles. The van der Waals surface area contributed by atoms with Crippen molar-refractivity contribution < 1.29 is 4.39 Å². The Morgan fingerprint density at radius 1 is 1.07 bits per heavy atom. The van der Waals surface area contributed by atoms with Crippen LogP contribution >= 0.6 is 34.5 Å². The van der Waals surface area contributed by atoms with Crippen LogP contribution in [-0.4, -0.2) is 14.1 Å². The van der Waals surface area contributed by atoms with Gasteiger partial charge in [-0.2, -0.15) is 0 Å². The normalized spacial score (nSPS) is 11.9. The van der Waals surface area contributed by atoms with Gasteiger partial charge < -0.3 is 9.13 Å². The fourth-order valence-corrected chi connectivity index (χ4v) is 4.24. The maximum absolute atomic E-state index is 14.1. The van der Waals surface area contributed by atoms with Crippen molar-refractivity contribution >= 4 is 40.2 Å². The average Bonchev–Trinajstić information content (AvgIpc) is 3.36. The van der Waals surface area contributed by atoms with Crippen molar-refractivity contribution in [2.75, 3.05) is 0 Å². The molecule has 2 aromatic carbocycles. The van der Waals surface area contributed by atoms with Gasteiger partial charge in [0, 0.05) is 36.4 Å². The van der Waals surface area contributed by atoms with Crippen molar-refractivity contribution in [3.63, 3.8) is 0 Å². The average molecular weight is 447 g/mol. The van der Waals surface area contributed by atoms with E-state index in [2.05, 4.69) is 14.5 Å². The zero-order valence-electron chi connectivity index (χ0n) is 15.3. The molecule has 0 spiro atoms. The van der Waals surface area contributed by atoms with Gasteiger partial charge in [-0.1, -0.05) is 41.4 Å². The van der Waals surface area contributed by atoms with E-state index in [1.54, 1.807) is 36.8 Å². The lowest BCUT2D eigenvalue weighted by molar-refractivity contribution is 0.558. The van der Waals surface area contributed by atoms with Gasteiger partial charge in [0.2, 0.25) is 0 Å². The molecule has 0 bridgehead atoms. The molecule has 4 rings (SSSR count). The molecule has 0 unspecified atom stereocenters. The molecule has 2 aromatic heterocycles. The predicted octanol–water partition coefficient (Wildman–Crippen LogP) is 6.18. The van der Waals surface area contributed by atoms with Crippen molar-refractivity contribution in [3.8, 4) is 11.3 Å². The predicted molar refractivity (Wildman–Crippen MR) is 116 cm³/mol. The van der Waals surface area contributed by atoms with Gasteiger partial charge in [-0.25, -0.2) is 14.4 Å². The zero-order valence-corrected chi connectivity index (χ0v) is 17.6. The van der Waals surface area contributed by atoms with Crippen molar-refractivity contribution in [3.05, 3.63) is 87.2 Å². The molecule has 4 aromatic rings. The minimum absolute atomic E-state index is 0.318. The summed E-state index contributed by atoms with van der Waals surface area (Å²) in [5, 5.41) is 3.01. The van der Waals surface area contributed by atoms with Crippen LogP contribution in [0.5, 0.6) is 0 Å². The number of rotatable bonds is 6. The van der Waals surface area contributed by atoms with Gasteiger partial charge in [-0.05, 0) is 30.7 Å². The Morgan fingerprint density at radius 2 is 1.93 bits per heavy atom. The molecule has 0 radical (unpaired) electrons. The van der Waals surface area contributed by atoms with E-state index >= 15 is 0 Å². The Morgan fingerprint density at radius 3 is 2.69 bits per heavy atom. The largest absolute Gasteiger partial charge is 0.337 e. The van der Waals surface area contributed by atoms with E-state index in [9.17, 15) is 4.39 Å². The van der Waals surface area contributed by atoms with Gasteiger partial charge >= 0.3 is 0 Å². The molecule has 0 saturated carbocycles. The molecule has 29 heavy (non-hydrogen) atoms. The first-order valence-corrected chi connectivity index (χ1v) is 10.6. The van der Waals surface area contributed by atoms with E-state index in [0.29, 0.717) is 22.3 Å². The second kappa shape index (κ2) is 8.95. The van der Waals surface area contributed by atoms with Crippen LogP contribution in [-0.2, 0) is 13.1 Å². The van der Waals surface area contributed by atoms with Gasteiger partial charge in [-0.3, -0.25) is 0 Å². The van der Waals surface area contributed by atoms with Gasteiger partial charge in [0.15, 0.2) is 4.80 Å². The van der Waals surface area contributed by atoms with Gasteiger partial charge in [0.25, 0.3) is 0 Å². The lowest BCUT2D eigenvalue weighted by Crippen LogP contribution is -2.17. The molecule has 8 heteroatoms. The lowest BCUT2D eigenvalue weighted by Gasteiger charge is -2.10. The fourth-order valence-electron chi connectivity index (χ4n) is 3.00. The van der Waals surface area contributed by atoms with Crippen LogP contribution in [0.15, 0.2) is 71.6 Å². The maximum atomic E-state index is 14.1. The number of aryl methyl sites for hydroxylation is 1. The summed E-state index contributed by atoms with van der Waals surface area (Å²) in [4.78, 5) is 9.37. The molecule has 0 saturated heterocycles. The van der Waals surface area contributed by atoms with E-state index in [-0.39, 0.29) is 5.82 Å². The summed E-state index contributed by atoms with van der Waals surface area (Å²) in [6.45, 7) is 1.54. The summed E-state index contributed by atoms with van der Waals surface area (Å²) in [5.74, 6) is -0.345. The quantitative estimate of drug-likeness (QED) is 0.348. The lowest BCUT2D eigenvalue weighted by atomic mass is 10.1. The van der Waals surface area contributed by atoms with Crippen LogP contribution in [0.4, 0.5) is 10.1 Å². The van der Waals surface area contributed by atoms with E-state index < -0.39 is 0 Å². The third kappa shape index (κ3) is 4.61. The first kappa shape index (κ1) is 19.9. The zero-order chi connectivity index (χ0) is 20.2. The van der Waals surface area contributed by atoms with Gasteiger partial charge in [-0.15, -0.1) is 11.3 Å². The minimum Gasteiger partial charge on any atom is -0.337 e. The molecule has 148 valence electrons. The number of nitrogens with zero attached hydrogens (tertiary/aromatic N) is 4. The topological polar surface area (TPSA) is 35.1 Å². The maximum Gasteiger partial charge on any atom is 0.190 e. The summed E-state index contributed by atoms with van der Waals surface area (Å²) in [5.41, 5.74) is 2.22. The highest BCUT2D eigenvalue weighted by atomic mass is 35.5. The van der Waals surface area contributed by atoms with E-state index in [0.717, 1.165) is 29.0 Å². The standard InChI is InChI=1S/C21H17Cl2FN4S/c22-16-7-6-15(12-17(16)23)20-13-29-21(26-19-5-2-1-4-18(19)24)28(20)10-3-9-27-11-8-25-14-27/h1-2,4-8,11-14H,3,9-10H2. The molecule has 0 N–H and O–H groups in total. The van der Waals surface area contributed by atoms with Crippen molar-refractivity contribution in [1.82, 2.24) is 14.1 Å². The first-order chi connectivity index (χ1) is 14.1. The minimum atomic E-state index is -0.345. The summed E-state index contributed by atoms with van der Waals surface area (Å²) >= 11 is 13.8. The molecule has 0 amide bonds. The SMILES string of the molecule is Fc1ccccc1N=c1scc(-c2ccc(Cl)c(Cl)c2)n1CCCn1ccnc1. The Kier molecular flexibility index (Phi) is 6.13. The van der Waals surface area contributed by atoms with Crippen molar-refractivity contribution in [2.45, 2.75) is 19.5 Å². The Labute approximate surface area is 181 Å². The molecular weight excluding hydrogens is 430 g/mol. The third-order valence-corrected chi connectivity index (χ3v) is 6.04. The van der Waals surface area contributed by atoms with Crippen LogP contribution in [0.1, 0.15) is 6.42 Å². The molecule has 0 aliphatic rings. The number of para-hydroxylation sites is 1. The van der Waals surface area contributed by atoms with Crippen molar-refractivity contribution in [1.29, 1.82) is 0 Å². The van der Waals surface area contributed by atoms with E-state index in [1.165, 1.54) is 17.4 Å². The van der Waals surface area contributed by atoms with Gasteiger partial charge in [0.05, 0.1) is 22.1 Å². The van der Waals surface area contributed by atoms with Crippen LogP contribution in [0, 0.1) is 5.82 Å². The Hall–Kier alpha value is -2.41. The fraction of sp³-hybridized carbons (Fsp3) is 0.143. The molecule has 0 fully saturated rings. The summed E-state index contributed by atoms with van der Waals surface area (Å²) in [6.07, 6.45) is 6.36. The highest BCUT2D eigenvalue weighted by molar-refractivity contribution is 7.07. The third-order valence-electron chi connectivity index (χ3n) is 4.44. The number of hydrogen-bond acceptors (Lipinski definition) is 3. The molecular formula is C21H17Cl2FN4S. The number of aromatic nitrogens is 3. The molecule has 2 heterocycles. The van der Waals surface area contributed by atoms with Crippen LogP contribution in [0.3, 0.4) is 0 Å². The number of halogens is 3. The Balaban J connectivity index is 1.73. The monoisotopic (exact) mass is 446 g/mol. The smallest absolute Gasteiger partial charge is 0.190 e.